The molecule has 0 aliphatic carbocycles. The molecular weight excluding hydrogens is 282 g/mol. The van der Waals surface area contributed by atoms with E-state index >= 15 is 0 Å². The fourth-order valence-electron chi connectivity index (χ4n) is 2.28. The quantitative estimate of drug-likeness (QED) is 0.886. The summed E-state index contributed by atoms with van der Waals surface area (Å²) in [5.74, 6) is -0.0429. The Hall–Kier alpha value is -1.88. The third-order valence-corrected chi connectivity index (χ3v) is 4.43. The SMILES string of the molecule is CCNC(=O)c1cccc(NC(C)c2sc(C)nc2C)c1. The predicted octanol–water partition coefficient (Wildman–Crippen LogP) is 3.68. The molecule has 2 rings (SSSR count). The summed E-state index contributed by atoms with van der Waals surface area (Å²) in [6.07, 6.45) is 0. The van der Waals surface area contributed by atoms with Crippen molar-refractivity contribution in [3.8, 4) is 0 Å². The molecule has 0 spiro atoms. The van der Waals surface area contributed by atoms with Gasteiger partial charge in [0.05, 0.1) is 16.7 Å². The van der Waals surface area contributed by atoms with E-state index in [1.54, 1.807) is 11.3 Å². The highest BCUT2D eigenvalue weighted by Crippen LogP contribution is 2.27. The molecule has 1 unspecified atom stereocenters. The van der Waals surface area contributed by atoms with Crippen LogP contribution in [0.25, 0.3) is 0 Å². The monoisotopic (exact) mass is 303 g/mol. The van der Waals surface area contributed by atoms with Gasteiger partial charge in [-0.15, -0.1) is 11.3 Å². The first kappa shape index (κ1) is 15.5. The number of nitrogens with one attached hydrogen (secondary N) is 2. The van der Waals surface area contributed by atoms with Crippen molar-refractivity contribution >= 4 is 22.9 Å². The average molecular weight is 303 g/mol. The number of hydrogen-bond acceptors (Lipinski definition) is 4. The van der Waals surface area contributed by atoms with Crippen LogP contribution in [0.5, 0.6) is 0 Å². The van der Waals surface area contributed by atoms with Crippen LogP contribution in [0.2, 0.25) is 0 Å². The second-order valence-corrected chi connectivity index (χ2v) is 6.22. The lowest BCUT2D eigenvalue weighted by atomic mass is 10.1. The minimum atomic E-state index is -0.0429. The number of thiazole rings is 1. The van der Waals surface area contributed by atoms with Crippen molar-refractivity contribution in [3.63, 3.8) is 0 Å². The number of amides is 1. The van der Waals surface area contributed by atoms with Crippen molar-refractivity contribution in [2.24, 2.45) is 0 Å². The van der Waals surface area contributed by atoms with Gasteiger partial charge in [-0.25, -0.2) is 4.98 Å². The number of carbonyl (C=O) groups is 1. The van der Waals surface area contributed by atoms with Gasteiger partial charge in [0, 0.05) is 22.7 Å². The van der Waals surface area contributed by atoms with E-state index in [-0.39, 0.29) is 11.9 Å². The molecular formula is C16H21N3OS. The van der Waals surface area contributed by atoms with Crippen molar-refractivity contribution in [1.82, 2.24) is 10.3 Å². The first-order chi connectivity index (χ1) is 10.0. The number of nitrogens with zero attached hydrogens (tertiary/aromatic N) is 1. The number of hydrogen-bond donors (Lipinski definition) is 2. The van der Waals surface area contributed by atoms with E-state index in [0.29, 0.717) is 12.1 Å². The summed E-state index contributed by atoms with van der Waals surface area (Å²) in [5.41, 5.74) is 2.68. The largest absolute Gasteiger partial charge is 0.378 e. The highest BCUT2D eigenvalue weighted by Gasteiger charge is 2.13. The van der Waals surface area contributed by atoms with Crippen LogP contribution in [0, 0.1) is 13.8 Å². The van der Waals surface area contributed by atoms with Crippen LogP contribution in [0.3, 0.4) is 0 Å². The van der Waals surface area contributed by atoms with Crippen molar-refractivity contribution < 1.29 is 4.79 Å². The zero-order valence-corrected chi connectivity index (χ0v) is 13.7. The van der Waals surface area contributed by atoms with Crippen LogP contribution in [0.1, 0.15) is 45.8 Å². The Bertz CT molecular complexity index is 636. The van der Waals surface area contributed by atoms with Gasteiger partial charge >= 0.3 is 0 Å². The molecule has 1 aromatic heterocycles. The minimum Gasteiger partial charge on any atom is -0.378 e. The molecule has 0 aliphatic heterocycles. The second kappa shape index (κ2) is 6.72. The molecule has 5 heteroatoms. The summed E-state index contributed by atoms with van der Waals surface area (Å²) >= 11 is 1.71. The number of aromatic nitrogens is 1. The Kier molecular flexibility index (Phi) is 4.96. The van der Waals surface area contributed by atoms with E-state index in [2.05, 4.69) is 22.5 Å². The van der Waals surface area contributed by atoms with E-state index in [1.807, 2.05) is 45.0 Å². The molecule has 0 saturated heterocycles. The van der Waals surface area contributed by atoms with Crippen LogP contribution in [0.4, 0.5) is 5.69 Å². The van der Waals surface area contributed by atoms with Gasteiger partial charge in [-0.2, -0.15) is 0 Å². The average Bonchev–Trinajstić information content (AvgIpc) is 2.78. The highest BCUT2D eigenvalue weighted by molar-refractivity contribution is 7.11. The molecule has 1 aromatic carbocycles. The molecule has 0 radical (unpaired) electrons. The van der Waals surface area contributed by atoms with Crippen molar-refractivity contribution in [2.45, 2.75) is 33.7 Å². The van der Waals surface area contributed by atoms with Crippen molar-refractivity contribution in [3.05, 3.63) is 45.4 Å². The molecule has 0 saturated carbocycles. The first-order valence-electron chi connectivity index (χ1n) is 7.10. The van der Waals surface area contributed by atoms with Gasteiger partial charge in [0.15, 0.2) is 0 Å². The molecule has 4 nitrogen and oxygen atoms in total. The number of carbonyl (C=O) groups excluding carboxylic acids is 1. The number of benzene rings is 1. The Morgan fingerprint density at radius 1 is 1.38 bits per heavy atom. The molecule has 112 valence electrons. The highest BCUT2D eigenvalue weighted by atomic mass is 32.1. The second-order valence-electron chi connectivity index (χ2n) is 4.99. The molecule has 0 bridgehead atoms. The summed E-state index contributed by atoms with van der Waals surface area (Å²) < 4.78 is 0. The normalized spacial score (nSPS) is 12.0. The topological polar surface area (TPSA) is 54.0 Å². The van der Waals surface area contributed by atoms with E-state index in [0.717, 1.165) is 16.4 Å². The zero-order valence-electron chi connectivity index (χ0n) is 12.9. The van der Waals surface area contributed by atoms with Crippen molar-refractivity contribution in [2.75, 3.05) is 11.9 Å². The molecule has 2 aromatic rings. The van der Waals surface area contributed by atoms with Crippen LogP contribution >= 0.6 is 11.3 Å². The lowest BCUT2D eigenvalue weighted by Crippen LogP contribution is -2.22. The zero-order chi connectivity index (χ0) is 15.4. The Labute approximate surface area is 129 Å². The van der Waals surface area contributed by atoms with Gasteiger partial charge in [-0.1, -0.05) is 6.07 Å². The fraction of sp³-hybridized carbons (Fsp3) is 0.375. The molecule has 2 N–H and O–H groups in total. The maximum absolute atomic E-state index is 11.9. The third kappa shape index (κ3) is 3.82. The van der Waals surface area contributed by atoms with Crippen molar-refractivity contribution in [1.29, 1.82) is 0 Å². The maximum atomic E-state index is 11.9. The lowest BCUT2D eigenvalue weighted by molar-refractivity contribution is 0.0956. The summed E-state index contributed by atoms with van der Waals surface area (Å²) in [7, 11) is 0. The van der Waals surface area contributed by atoms with Gasteiger partial charge in [-0.05, 0) is 45.9 Å². The van der Waals surface area contributed by atoms with Gasteiger partial charge in [0.2, 0.25) is 0 Å². The summed E-state index contributed by atoms with van der Waals surface area (Å²) in [4.78, 5) is 17.6. The van der Waals surface area contributed by atoms with Crippen LogP contribution in [-0.2, 0) is 0 Å². The lowest BCUT2D eigenvalue weighted by Gasteiger charge is -2.15. The van der Waals surface area contributed by atoms with Gasteiger partial charge < -0.3 is 10.6 Å². The Morgan fingerprint density at radius 3 is 2.76 bits per heavy atom. The minimum absolute atomic E-state index is 0.0429. The molecule has 21 heavy (non-hydrogen) atoms. The van der Waals surface area contributed by atoms with Gasteiger partial charge in [0.1, 0.15) is 0 Å². The van der Waals surface area contributed by atoms with Crippen LogP contribution in [0.15, 0.2) is 24.3 Å². The fourth-order valence-corrected chi connectivity index (χ4v) is 3.21. The molecule has 0 aliphatic rings. The molecule has 1 atom stereocenters. The summed E-state index contributed by atoms with van der Waals surface area (Å²) in [5, 5.41) is 7.33. The number of aryl methyl sites for hydroxylation is 2. The smallest absolute Gasteiger partial charge is 0.251 e. The van der Waals surface area contributed by atoms with E-state index < -0.39 is 0 Å². The summed E-state index contributed by atoms with van der Waals surface area (Å²) in [6.45, 7) is 8.70. The molecule has 1 amide bonds. The standard InChI is InChI=1S/C16H21N3OS/c1-5-17-16(20)13-7-6-8-14(9-13)19-11(3)15-10(2)18-12(4)21-15/h6-9,11,19H,5H2,1-4H3,(H,17,20). The van der Waals surface area contributed by atoms with Gasteiger partial charge in [0.25, 0.3) is 5.91 Å². The predicted molar refractivity (Wildman–Crippen MR) is 88.1 cm³/mol. The van der Waals surface area contributed by atoms with Crippen LogP contribution < -0.4 is 10.6 Å². The third-order valence-electron chi connectivity index (χ3n) is 3.18. The Morgan fingerprint density at radius 2 is 2.14 bits per heavy atom. The molecule has 1 heterocycles. The number of anilines is 1. The summed E-state index contributed by atoms with van der Waals surface area (Å²) in [6, 6.07) is 7.74. The van der Waals surface area contributed by atoms with E-state index in [1.165, 1.54) is 4.88 Å². The first-order valence-corrected chi connectivity index (χ1v) is 7.91. The van der Waals surface area contributed by atoms with E-state index in [4.69, 9.17) is 0 Å². The molecule has 0 fully saturated rings. The number of rotatable bonds is 5. The van der Waals surface area contributed by atoms with Gasteiger partial charge in [-0.3, -0.25) is 4.79 Å². The van der Waals surface area contributed by atoms with Crippen LogP contribution in [-0.4, -0.2) is 17.4 Å². The van der Waals surface area contributed by atoms with E-state index in [9.17, 15) is 4.79 Å². The Balaban J connectivity index is 2.14. The maximum Gasteiger partial charge on any atom is 0.251 e.